The van der Waals surface area contributed by atoms with Crippen molar-refractivity contribution in [2.75, 3.05) is 7.11 Å². The van der Waals surface area contributed by atoms with E-state index >= 15 is 0 Å². The number of methoxy groups -OCH3 is 1. The molecule has 1 aromatic carbocycles. The average Bonchev–Trinajstić information content (AvgIpc) is 2.40. The molecule has 2 aromatic rings. The zero-order valence-corrected chi connectivity index (χ0v) is 10.6. The van der Waals surface area contributed by atoms with Crippen molar-refractivity contribution in [3.8, 4) is 5.75 Å². The van der Waals surface area contributed by atoms with Gasteiger partial charge in [-0.25, -0.2) is 4.98 Å². The van der Waals surface area contributed by atoms with Gasteiger partial charge in [0.05, 0.1) is 7.11 Å². The van der Waals surface area contributed by atoms with E-state index in [1.54, 1.807) is 19.2 Å². The molecule has 0 aliphatic carbocycles. The molecule has 0 N–H and O–H groups in total. The number of pyridine rings is 1. The Morgan fingerprint density at radius 2 is 2.06 bits per heavy atom. The molecule has 0 spiro atoms. The molecule has 0 aliphatic rings. The molecule has 1 aromatic heterocycles. The lowest BCUT2D eigenvalue weighted by Crippen LogP contribution is -2.05. The number of carbonyl (C=O) groups is 1. The number of hydrogen-bond donors (Lipinski definition) is 0. The van der Waals surface area contributed by atoms with Crippen LogP contribution in [0.5, 0.6) is 5.75 Å². The number of hydrogen-bond acceptors (Lipinski definition) is 3. The highest BCUT2D eigenvalue weighted by Crippen LogP contribution is 2.19. The van der Waals surface area contributed by atoms with Gasteiger partial charge in [-0.05, 0) is 18.2 Å². The molecule has 0 aliphatic heterocycles. The fourth-order valence-electron chi connectivity index (χ4n) is 1.66. The molecule has 92 valence electrons. The van der Waals surface area contributed by atoms with Crippen LogP contribution in [0.4, 0.5) is 0 Å². The first-order chi connectivity index (χ1) is 8.70. The number of rotatable bonds is 4. The van der Waals surface area contributed by atoms with Gasteiger partial charge in [0.25, 0.3) is 0 Å². The average molecular weight is 262 g/mol. The molecule has 0 atom stereocenters. The zero-order valence-electron chi connectivity index (χ0n) is 9.89. The Bertz CT molecular complexity index is 552. The highest BCUT2D eigenvalue weighted by atomic mass is 35.5. The SMILES string of the molecule is COc1ccccc1CC(=O)c1ccc(Cl)nc1. The monoisotopic (exact) mass is 261 g/mol. The maximum absolute atomic E-state index is 12.1. The van der Waals surface area contributed by atoms with E-state index in [-0.39, 0.29) is 12.2 Å². The Balaban J connectivity index is 2.18. The van der Waals surface area contributed by atoms with Gasteiger partial charge in [-0.2, -0.15) is 0 Å². The largest absolute Gasteiger partial charge is 0.496 e. The van der Waals surface area contributed by atoms with E-state index in [1.807, 2.05) is 24.3 Å². The van der Waals surface area contributed by atoms with Crippen molar-refractivity contribution < 1.29 is 9.53 Å². The number of ether oxygens (including phenoxy) is 1. The van der Waals surface area contributed by atoms with E-state index in [0.29, 0.717) is 16.5 Å². The Kier molecular flexibility index (Phi) is 3.95. The third-order valence-corrected chi connectivity index (χ3v) is 2.82. The molecule has 0 unspecified atom stereocenters. The van der Waals surface area contributed by atoms with Gasteiger partial charge in [0, 0.05) is 23.7 Å². The summed E-state index contributed by atoms with van der Waals surface area (Å²) >= 11 is 5.68. The Hall–Kier alpha value is -1.87. The van der Waals surface area contributed by atoms with Crippen LogP contribution in [-0.2, 0) is 6.42 Å². The Morgan fingerprint density at radius 3 is 2.72 bits per heavy atom. The van der Waals surface area contributed by atoms with E-state index < -0.39 is 0 Å². The quantitative estimate of drug-likeness (QED) is 0.627. The summed E-state index contributed by atoms with van der Waals surface area (Å²) in [4.78, 5) is 16.0. The molecule has 2 rings (SSSR count). The second-order valence-corrected chi connectivity index (χ2v) is 4.17. The standard InChI is InChI=1S/C14H12ClNO2/c1-18-13-5-3-2-4-10(13)8-12(17)11-6-7-14(15)16-9-11/h2-7,9H,8H2,1H3. The van der Waals surface area contributed by atoms with Crippen LogP contribution in [0.15, 0.2) is 42.6 Å². The van der Waals surface area contributed by atoms with Crippen molar-refractivity contribution in [3.63, 3.8) is 0 Å². The summed E-state index contributed by atoms with van der Waals surface area (Å²) in [6, 6.07) is 10.7. The highest BCUT2D eigenvalue weighted by Gasteiger charge is 2.10. The molecule has 0 bridgehead atoms. The lowest BCUT2D eigenvalue weighted by atomic mass is 10.0. The molecule has 4 heteroatoms. The van der Waals surface area contributed by atoms with Crippen LogP contribution in [0.2, 0.25) is 5.15 Å². The topological polar surface area (TPSA) is 39.2 Å². The first kappa shape index (κ1) is 12.6. The van der Waals surface area contributed by atoms with E-state index in [4.69, 9.17) is 16.3 Å². The summed E-state index contributed by atoms with van der Waals surface area (Å²) in [5.74, 6) is 0.705. The van der Waals surface area contributed by atoms with Crippen molar-refractivity contribution in [1.29, 1.82) is 0 Å². The van der Waals surface area contributed by atoms with E-state index in [9.17, 15) is 4.79 Å². The molecule has 0 saturated heterocycles. The number of benzene rings is 1. The molecular weight excluding hydrogens is 250 g/mol. The summed E-state index contributed by atoms with van der Waals surface area (Å²) in [6.45, 7) is 0. The molecular formula is C14H12ClNO2. The maximum Gasteiger partial charge on any atom is 0.168 e. The summed E-state index contributed by atoms with van der Waals surface area (Å²) in [6.07, 6.45) is 1.77. The fraction of sp³-hybridized carbons (Fsp3) is 0.143. The Morgan fingerprint density at radius 1 is 1.28 bits per heavy atom. The van der Waals surface area contributed by atoms with Gasteiger partial charge in [-0.15, -0.1) is 0 Å². The van der Waals surface area contributed by atoms with Gasteiger partial charge >= 0.3 is 0 Å². The highest BCUT2D eigenvalue weighted by molar-refractivity contribution is 6.29. The molecule has 0 fully saturated rings. The van der Waals surface area contributed by atoms with Crippen LogP contribution in [0.3, 0.4) is 0 Å². The number of carbonyl (C=O) groups excluding carboxylic acids is 1. The third-order valence-electron chi connectivity index (χ3n) is 2.59. The zero-order chi connectivity index (χ0) is 13.0. The number of halogens is 1. The first-order valence-corrected chi connectivity index (χ1v) is 5.85. The lowest BCUT2D eigenvalue weighted by Gasteiger charge is -2.07. The van der Waals surface area contributed by atoms with Crippen LogP contribution < -0.4 is 4.74 Å². The summed E-state index contributed by atoms with van der Waals surface area (Å²) in [7, 11) is 1.59. The van der Waals surface area contributed by atoms with Gasteiger partial charge in [-0.3, -0.25) is 4.79 Å². The van der Waals surface area contributed by atoms with Crippen molar-refractivity contribution in [2.45, 2.75) is 6.42 Å². The fourth-order valence-corrected chi connectivity index (χ4v) is 1.78. The minimum Gasteiger partial charge on any atom is -0.496 e. The second kappa shape index (κ2) is 5.65. The van der Waals surface area contributed by atoms with Gasteiger partial charge < -0.3 is 4.74 Å². The predicted octanol–water partition coefficient (Wildman–Crippen LogP) is 3.17. The minimum absolute atomic E-state index is 0.0105. The van der Waals surface area contributed by atoms with Crippen LogP contribution in [0.25, 0.3) is 0 Å². The van der Waals surface area contributed by atoms with Crippen LogP contribution in [-0.4, -0.2) is 17.9 Å². The number of nitrogens with zero attached hydrogens (tertiary/aromatic N) is 1. The van der Waals surface area contributed by atoms with Gasteiger partial charge in [-0.1, -0.05) is 29.8 Å². The maximum atomic E-state index is 12.1. The van der Waals surface area contributed by atoms with Crippen molar-refractivity contribution in [1.82, 2.24) is 4.98 Å². The normalized spacial score (nSPS) is 10.1. The van der Waals surface area contributed by atoms with Crippen LogP contribution in [0.1, 0.15) is 15.9 Å². The molecule has 3 nitrogen and oxygen atoms in total. The molecule has 0 radical (unpaired) electrons. The van der Waals surface area contributed by atoms with Gasteiger partial charge in [0.15, 0.2) is 5.78 Å². The van der Waals surface area contributed by atoms with E-state index in [0.717, 1.165) is 5.56 Å². The lowest BCUT2D eigenvalue weighted by molar-refractivity contribution is 0.0992. The number of aromatic nitrogens is 1. The molecule has 1 heterocycles. The van der Waals surface area contributed by atoms with Crippen LogP contribution >= 0.6 is 11.6 Å². The van der Waals surface area contributed by atoms with Crippen molar-refractivity contribution in [3.05, 3.63) is 58.9 Å². The van der Waals surface area contributed by atoms with Gasteiger partial charge in [0.1, 0.15) is 10.9 Å². The minimum atomic E-state index is -0.0105. The first-order valence-electron chi connectivity index (χ1n) is 5.47. The number of ketones is 1. The Labute approximate surface area is 110 Å². The van der Waals surface area contributed by atoms with E-state index in [2.05, 4.69) is 4.98 Å². The second-order valence-electron chi connectivity index (χ2n) is 3.78. The number of Topliss-reactive ketones (excluding diaryl/α,β-unsaturated/α-hetero) is 1. The summed E-state index contributed by atoms with van der Waals surface area (Å²) in [5, 5.41) is 0.379. The molecule has 0 saturated carbocycles. The number of para-hydroxylation sites is 1. The van der Waals surface area contributed by atoms with Gasteiger partial charge in [0.2, 0.25) is 0 Å². The molecule has 0 amide bonds. The summed E-state index contributed by atoms with van der Waals surface area (Å²) < 4.78 is 5.21. The van der Waals surface area contributed by atoms with E-state index in [1.165, 1.54) is 6.20 Å². The van der Waals surface area contributed by atoms with Crippen LogP contribution in [0, 0.1) is 0 Å². The third kappa shape index (κ3) is 2.87. The smallest absolute Gasteiger partial charge is 0.168 e. The van der Waals surface area contributed by atoms with Crippen molar-refractivity contribution in [2.24, 2.45) is 0 Å². The molecule has 18 heavy (non-hydrogen) atoms. The van der Waals surface area contributed by atoms with Crippen molar-refractivity contribution >= 4 is 17.4 Å². The predicted molar refractivity (Wildman–Crippen MR) is 70.3 cm³/mol. The summed E-state index contributed by atoms with van der Waals surface area (Å²) in [5.41, 5.74) is 1.41.